The van der Waals surface area contributed by atoms with E-state index in [1.165, 1.54) is 18.0 Å². The monoisotopic (exact) mass is 585 g/mol. The third kappa shape index (κ3) is 5.96. The molecule has 2 N–H and O–H groups in total. The van der Waals surface area contributed by atoms with Crippen LogP contribution >= 0.6 is 0 Å². The molecule has 1 aromatic carbocycles. The first-order chi connectivity index (χ1) is 19.4. The maximum absolute atomic E-state index is 13.9. The van der Waals surface area contributed by atoms with E-state index in [1.54, 1.807) is 25.2 Å². The van der Waals surface area contributed by atoms with Gasteiger partial charge in [-0.2, -0.15) is 13.2 Å². The molecule has 1 saturated carbocycles. The molecule has 2 fully saturated rings. The van der Waals surface area contributed by atoms with E-state index in [-0.39, 0.29) is 44.0 Å². The number of amides is 3. The molecule has 3 aromatic rings. The number of fused-ring (bicyclic) bond motifs is 1. The Hall–Kier alpha value is -3.82. The van der Waals surface area contributed by atoms with Crippen molar-refractivity contribution in [1.29, 1.82) is 0 Å². The van der Waals surface area contributed by atoms with Gasteiger partial charge >= 0.3 is 12.2 Å². The Labute approximate surface area is 230 Å². The topological polar surface area (TPSA) is 127 Å². The highest BCUT2D eigenvalue weighted by molar-refractivity contribution is 5.90. The summed E-state index contributed by atoms with van der Waals surface area (Å²) in [5, 5.41) is 12.3. The number of nitrogens with zero attached hydrogens (tertiary/aromatic N) is 5. The molecule has 0 spiro atoms. The van der Waals surface area contributed by atoms with E-state index in [0.717, 1.165) is 4.90 Å². The van der Waals surface area contributed by atoms with E-state index in [9.17, 15) is 31.5 Å². The fourth-order valence-electron chi connectivity index (χ4n) is 5.31. The number of hydrogen-bond acceptors (Lipinski definition) is 7. The second-order valence-corrected chi connectivity index (χ2v) is 10.4. The molecule has 2 aromatic heterocycles. The smallest absolute Gasteiger partial charge is 0.410 e. The lowest BCUT2D eigenvalue weighted by atomic mass is 9.82. The lowest BCUT2D eigenvalue weighted by Crippen LogP contribution is -2.40. The Bertz CT molecular complexity index is 1410. The molecule has 3 amide bonds. The predicted octanol–water partition coefficient (Wildman–Crippen LogP) is 3.90. The summed E-state index contributed by atoms with van der Waals surface area (Å²) in [5.74, 6) is -3.70. The van der Waals surface area contributed by atoms with Crippen LogP contribution < -0.4 is 10.6 Å². The van der Waals surface area contributed by atoms with E-state index >= 15 is 0 Å². The number of nitrogens with one attached hydrogen (secondary N) is 2. The Morgan fingerprint density at radius 2 is 2.02 bits per heavy atom. The van der Waals surface area contributed by atoms with Gasteiger partial charge < -0.3 is 29.3 Å². The average molecular weight is 586 g/mol. The number of hydrogen-bond donors (Lipinski definition) is 2. The first-order valence-corrected chi connectivity index (χ1v) is 12.9. The Morgan fingerprint density at radius 3 is 2.63 bits per heavy atom. The summed E-state index contributed by atoms with van der Waals surface area (Å²) < 4.78 is 80.2. The molecule has 0 bridgehead atoms. The zero-order valence-corrected chi connectivity index (χ0v) is 22.1. The predicted molar refractivity (Wildman–Crippen MR) is 132 cm³/mol. The van der Waals surface area contributed by atoms with Crippen LogP contribution in [0.25, 0.3) is 11.1 Å². The summed E-state index contributed by atoms with van der Waals surface area (Å²) in [6, 6.07) is 0.0891. The van der Waals surface area contributed by atoms with Gasteiger partial charge in [0.05, 0.1) is 19.2 Å². The fourth-order valence-corrected chi connectivity index (χ4v) is 5.31. The zero-order chi connectivity index (χ0) is 29.5. The first-order valence-electron chi connectivity index (χ1n) is 12.9. The summed E-state index contributed by atoms with van der Waals surface area (Å²) in [6.45, 7) is -0.679. The van der Waals surface area contributed by atoms with Gasteiger partial charge in [0.1, 0.15) is 23.9 Å². The van der Waals surface area contributed by atoms with Gasteiger partial charge in [0.15, 0.2) is 5.58 Å². The number of halogens is 5. The van der Waals surface area contributed by atoms with Crippen LogP contribution in [0.5, 0.6) is 0 Å². The summed E-state index contributed by atoms with van der Waals surface area (Å²) in [4.78, 5) is 31.0. The van der Waals surface area contributed by atoms with Crippen LogP contribution in [0.1, 0.15) is 59.8 Å². The number of carbonyl (C=O) groups is 2. The average Bonchev–Trinajstić information content (AvgIpc) is 3.63. The van der Waals surface area contributed by atoms with E-state index in [4.69, 9.17) is 9.15 Å². The van der Waals surface area contributed by atoms with Crippen molar-refractivity contribution in [1.82, 2.24) is 35.3 Å². The van der Waals surface area contributed by atoms with Crippen molar-refractivity contribution >= 4 is 23.0 Å². The summed E-state index contributed by atoms with van der Waals surface area (Å²) in [7, 11) is 2.95. The van der Waals surface area contributed by atoms with Gasteiger partial charge in [0, 0.05) is 27.0 Å². The molecule has 2 aliphatic rings. The zero-order valence-electron chi connectivity index (χ0n) is 22.1. The minimum atomic E-state index is -4.61. The lowest BCUT2D eigenvalue weighted by Gasteiger charge is -2.32. The third-order valence-corrected chi connectivity index (χ3v) is 7.55. The Kier molecular flexibility index (Phi) is 7.61. The van der Waals surface area contributed by atoms with Crippen LogP contribution in [0.3, 0.4) is 0 Å². The molecule has 3 unspecified atom stereocenters. The molecule has 1 aliphatic carbocycles. The van der Waals surface area contributed by atoms with Gasteiger partial charge in [-0.15, -0.1) is 10.2 Å². The summed E-state index contributed by atoms with van der Waals surface area (Å²) in [6.07, 6.45) is -3.75. The highest BCUT2D eigenvalue weighted by Crippen LogP contribution is 2.42. The molecule has 1 saturated heterocycles. The van der Waals surface area contributed by atoms with Crippen molar-refractivity contribution in [2.45, 2.75) is 55.9 Å². The van der Waals surface area contributed by atoms with E-state index in [0.29, 0.717) is 16.7 Å². The number of oxazole rings is 1. The molecular weight excluding hydrogens is 557 g/mol. The van der Waals surface area contributed by atoms with E-state index in [1.807, 2.05) is 5.32 Å². The molecule has 41 heavy (non-hydrogen) atoms. The van der Waals surface area contributed by atoms with Crippen LogP contribution in [0.15, 0.2) is 28.9 Å². The quantitative estimate of drug-likeness (QED) is 0.384. The number of carbonyl (C=O) groups excluding carboxylic acids is 2. The number of benzene rings is 1. The highest BCUT2D eigenvalue weighted by Gasteiger charge is 2.48. The van der Waals surface area contributed by atoms with Gasteiger partial charge in [0.25, 0.3) is 5.91 Å². The Balaban J connectivity index is 1.45. The first kappa shape index (κ1) is 28.7. The second-order valence-electron chi connectivity index (χ2n) is 10.4. The van der Waals surface area contributed by atoms with E-state index in [2.05, 4.69) is 20.5 Å². The van der Waals surface area contributed by atoms with Crippen molar-refractivity contribution in [3.8, 4) is 0 Å². The number of aryl methyl sites for hydroxylation is 1. The Morgan fingerprint density at radius 1 is 1.29 bits per heavy atom. The van der Waals surface area contributed by atoms with E-state index < -0.39 is 54.6 Å². The molecule has 5 rings (SSSR count). The molecule has 11 nitrogen and oxygen atoms in total. The molecule has 222 valence electrons. The van der Waals surface area contributed by atoms with Gasteiger partial charge in [-0.3, -0.25) is 4.79 Å². The van der Waals surface area contributed by atoms with Crippen LogP contribution in [0.2, 0.25) is 0 Å². The van der Waals surface area contributed by atoms with Crippen LogP contribution in [0, 0.1) is 5.92 Å². The lowest BCUT2D eigenvalue weighted by molar-refractivity contribution is -0.150. The third-order valence-electron chi connectivity index (χ3n) is 7.55. The van der Waals surface area contributed by atoms with Crippen LogP contribution in [0.4, 0.5) is 26.7 Å². The summed E-state index contributed by atoms with van der Waals surface area (Å²) >= 11 is 0. The normalized spacial score (nSPS) is 21.2. The molecule has 3 heterocycles. The molecule has 3 atom stereocenters. The number of alkyl halides is 5. The van der Waals surface area contributed by atoms with Crippen molar-refractivity contribution in [2.24, 2.45) is 13.0 Å². The standard InChI is InChI=1S/C25H28F5N7O4/c1-36-12-31-35-20(36)21(38)34-19(13-5-7-24(26,27)8-6-13)22-32-15-9-14(3-4-17(15)41-22)16(11-40-2)37-10-18(25(28,29)30)33-23(37)39/h3-4,9,12-13,16,18-19H,5-8,10-11H2,1-2H3,(H,33,39)(H,34,38). The molecule has 16 heteroatoms. The maximum atomic E-state index is 13.9. The number of aromatic nitrogens is 4. The second kappa shape index (κ2) is 10.9. The van der Waals surface area contributed by atoms with Gasteiger partial charge in [0.2, 0.25) is 17.6 Å². The van der Waals surface area contributed by atoms with Crippen molar-refractivity contribution < 1.29 is 40.7 Å². The number of rotatable bonds is 8. The minimum absolute atomic E-state index is 0.0120. The largest absolute Gasteiger partial charge is 0.438 e. The molecule has 1 aliphatic heterocycles. The maximum Gasteiger partial charge on any atom is 0.410 e. The minimum Gasteiger partial charge on any atom is -0.438 e. The van der Waals surface area contributed by atoms with Crippen molar-refractivity contribution in [3.63, 3.8) is 0 Å². The number of methoxy groups -OCH3 is 1. The van der Waals surface area contributed by atoms with Gasteiger partial charge in [-0.05, 0) is 36.5 Å². The van der Waals surface area contributed by atoms with Gasteiger partial charge in [-0.1, -0.05) is 6.07 Å². The molecule has 0 radical (unpaired) electrons. The fraction of sp³-hybridized carbons (Fsp3) is 0.560. The van der Waals surface area contributed by atoms with Crippen LogP contribution in [-0.4, -0.2) is 75.0 Å². The summed E-state index contributed by atoms with van der Waals surface area (Å²) in [5.41, 5.74) is 1.07. The number of urea groups is 1. The van der Waals surface area contributed by atoms with Crippen LogP contribution in [-0.2, 0) is 11.8 Å². The SMILES string of the molecule is COCC(c1ccc2oc(C(NC(=O)c3nncn3C)C3CCC(F)(F)CC3)nc2c1)N1CC(C(F)(F)F)NC1=O. The molecular formula is C25H28F5N7O4. The van der Waals surface area contributed by atoms with Crippen molar-refractivity contribution in [2.75, 3.05) is 20.3 Å². The number of ether oxygens (including phenoxy) is 1. The van der Waals surface area contributed by atoms with Crippen molar-refractivity contribution in [3.05, 3.63) is 41.8 Å². The van der Waals surface area contributed by atoms with Gasteiger partial charge in [-0.25, -0.2) is 18.6 Å². The highest BCUT2D eigenvalue weighted by atomic mass is 19.4.